The quantitative estimate of drug-likeness (QED) is 0.906. The van der Waals surface area contributed by atoms with E-state index in [2.05, 4.69) is 5.32 Å². The lowest BCUT2D eigenvalue weighted by Crippen LogP contribution is -2.20. The number of anilines is 1. The summed E-state index contributed by atoms with van der Waals surface area (Å²) in [6, 6.07) is 10.7. The van der Waals surface area contributed by atoms with Crippen LogP contribution >= 0.6 is 11.6 Å². The average molecular weight is 320 g/mol. The normalized spacial score (nSPS) is 10.2. The number of carbonyl (C=O) groups is 1. The summed E-state index contributed by atoms with van der Waals surface area (Å²) >= 11 is 6.10. The van der Waals surface area contributed by atoms with Gasteiger partial charge in [-0.25, -0.2) is 0 Å². The fourth-order valence-corrected chi connectivity index (χ4v) is 2.12. The summed E-state index contributed by atoms with van der Waals surface area (Å²) in [7, 11) is 1.59. The van der Waals surface area contributed by atoms with Gasteiger partial charge in [-0.3, -0.25) is 4.79 Å². The van der Waals surface area contributed by atoms with Gasteiger partial charge in [0.2, 0.25) is 0 Å². The van der Waals surface area contributed by atoms with Crippen molar-refractivity contribution in [3.63, 3.8) is 0 Å². The predicted molar refractivity (Wildman–Crippen MR) is 88.0 cm³/mol. The van der Waals surface area contributed by atoms with E-state index in [1.807, 2.05) is 26.0 Å². The summed E-state index contributed by atoms with van der Waals surface area (Å²) in [6.45, 7) is 3.74. The molecular weight excluding hydrogens is 302 g/mol. The number of halogens is 1. The highest BCUT2D eigenvalue weighted by Gasteiger charge is 2.07. The van der Waals surface area contributed by atoms with Crippen molar-refractivity contribution in [1.82, 2.24) is 0 Å². The molecule has 0 heterocycles. The van der Waals surface area contributed by atoms with Gasteiger partial charge in [0.1, 0.15) is 11.5 Å². The largest absolute Gasteiger partial charge is 0.497 e. The molecule has 1 N–H and O–H groups in total. The monoisotopic (exact) mass is 319 g/mol. The van der Waals surface area contributed by atoms with Gasteiger partial charge in [-0.15, -0.1) is 0 Å². The number of rotatable bonds is 5. The molecule has 0 aromatic heterocycles. The minimum absolute atomic E-state index is 0.0630. The second-order valence-corrected chi connectivity index (χ2v) is 5.31. The van der Waals surface area contributed by atoms with E-state index in [-0.39, 0.29) is 12.5 Å². The van der Waals surface area contributed by atoms with Gasteiger partial charge < -0.3 is 14.8 Å². The van der Waals surface area contributed by atoms with Crippen molar-refractivity contribution in [3.8, 4) is 11.5 Å². The average Bonchev–Trinajstić information content (AvgIpc) is 2.51. The van der Waals surface area contributed by atoms with Crippen molar-refractivity contribution in [1.29, 1.82) is 0 Å². The van der Waals surface area contributed by atoms with Crippen molar-refractivity contribution >= 4 is 23.2 Å². The molecule has 2 rings (SSSR count). The van der Waals surface area contributed by atoms with Gasteiger partial charge in [0.05, 0.1) is 7.11 Å². The zero-order valence-corrected chi connectivity index (χ0v) is 13.5. The van der Waals surface area contributed by atoms with Crippen LogP contribution in [-0.2, 0) is 4.79 Å². The first-order valence-electron chi connectivity index (χ1n) is 6.83. The van der Waals surface area contributed by atoms with Crippen LogP contribution in [0.1, 0.15) is 11.1 Å². The summed E-state index contributed by atoms with van der Waals surface area (Å²) in [5.74, 6) is 1.14. The molecule has 0 radical (unpaired) electrons. The van der Waals surface area contributed by atoms with E-state index in [0.717, 1.165) is 21.9 Å². The Morgan fingerprint density at radius 1 is 1.09 bits per heavy atom. The number of amides is 1. The van der Waals surface area contributed by atoms with Crippen LogP contribution in [0.15, 0.2) is 36.4 Å². The molecular formula is C17H18ClNO3. The number of aryl methyl sites for hydroxylation is 2. The molecule has 0 aliphatic heterocycles. The third-order valence-corrected chi connectivity index (χ3v) is 3.75. The maximum absolute atomic E-state index is 11.9. The number of hydrogen-bond donors (Lipinski definition) is 1. The molecule has 0 fully saturated rings. The van der Waals surface area contributed by atoms with E-state index >= 15 is 0 Å². The first kappa shape index (κ1) is 16.2. The molecule has 0 atom stereocenters. The molecule has 2 aromatic carbocycles. The van der Waals surface area contributed by atoms with Crippen molar-refractivity contribution < 1.29 is 14.3 Å². The van der Waals surface area contributed by atoms with Gasteiger partial charge in [-0.2, -0.15) is 0 Å². The second kappa shape index (κ2) is 7.18. The van der Waals surface area contributed by atoms with E-state index in [1.165, 1.54) is 0 Å². The minimum Gasteiger partial charge on any atom is -0.497 e. The highest BCUT2D eigenvalue weighted by Crippen LogP contribution is 2.25. The predicted octanol–water partition coefficient (Wildman–Crippen LogP) is 3.98. The topological polar surface area (TPSA) is 47.6 Å². The number of carbonyl (C=O) groups excluding carboxylic acids is 1. The van der Waals surface area contributed by atoms with Gasteiger partial charge in [0.15, 0.2) is 6.61 Å². The van der Waals surface area contributed by atoms with Crippen LogP contribution in [0.25, 0.3) is 0 Å². The van der Waals surface area contributed by atoms with Crippen molar-refractivity contribution in [2.75, 3.05) is 19.0 Å². The van der Waals surface area contributed by atoms with Crippen LogP contribution in [0, 0.1) is 13.8 Å². The summed E-state index contributed by atoms with van der Waals surface area (Å²) in [5, 5.41) is 3.48. The zero-order chi connectivity index (χ0) is 16.1. The summed E-state index contributed by atoms with van der Waals surface area (Å²) in [4.78, 5) is 11.9. The highest BCUT2D eigenvalue weighted by molar-refractivity contribution is 6.32. The van der Waals surface area contributed by atoms with E-state index in [9.17, 15) is 4.79 Å². The third-order valence-electron chi connectivity index (χ3n) is 3.15. The zero-order valence-electron chi connectivity index (χ0n) is 12.8. The lowest BCUT2D eigenvalue weighted by Gasteiger charge is -2.10. The second-order valence-electron chi connectivity index (χ2n) is 4.94. The van der Waals surface area contributed by atoms with Crippen LogP contribution in [0.2, 0.25) is 5.02 Å². The molecule has 2 aromatic rings. The lowest BCUT2D eigenvalue weighted by atomic mass is 10.1. The third kappa shape index (κ3) is 4.15. The number of nitrogens with one attached hydrogen (secondary N) is 1. The van der Waals surface area contributed by atoms with Crippen molar-refractivity contribution in [2.45, 2.75) is 13.8 Å². The van der Waals surface area contributed by atoms with Gasteiger partial charge in [0, 0.05) is 10.7 Å². The van der Waals surface area contributed by atoms with E-state index in [1.54, 1.807) is 31.4 Å². The van der Waals surface area contributed by atoms with Crippen LogP contribution in [0.5, 0.6) is 11.5 Å². The first-order valence-corrected chi connectivity index (χ1v) is 7.21. The maximum Gasteiger partial charge on any atom is 0.262 e. The molecule has 0 aliphatic carbocycles. The van der Waals surface area contributed by atoms with Gasteiger partial charge >= 0.3 is 0 Å². The Morgan fingerprint density at radius 2 is 1.68 bits per heavy atom. The molecule has 0 spiro atoms. The first-order chi connectivity index (χ1) is 10.5. The van der Waals surface area contributed by atoms with Crippen LogP contribution < -0.4 is 14.8 Å². The minimum atomic E-state index is -0.226. The fourth-order valence-electron chi connectivity index (χ4n) is 2.01. The van der Waals surface area contributed by atoms with E-state index in [4.69, 9.17) is 21.1 Å². The molecule has 0 bridgehead atoms. The Labute approximate surface area is 135 Å². The molecule has 22 heavy (non-hydrogen) atoms. The molecule has 1 amide bonds. The molecule has 0 saturated heterocycles. The van der Waals surface area contributed by atoms with Crippen LogP contribution in [-0.4, -0.2) is 19.6 Å². The maximum atomic E-state index is 11.9. The van der Waals surface area contributed by atoms with Gasteiger partial charge in [-0.1, -0.05) is 11.6 Å². The molecule has 0 saturated carbocycles. The number of methoxy groups -OCH3 is 1. The van der Waals surface area contributed by atoms with Gasteiger partial charge in [0.25, 0.3) is 5.91 Å². The SMILES string of the molecule is COc1ccc(NC(=O)COc2cc(C)c(Cl)c(C)c2)cc1. The highest BCUT2D eigenvalue weighted by atomic mass is 35.5. The Hall–Kier alpha value is -2.20. The molecule has 0 aliphatic rings. The Balaban J connectivity index is 1.92. The van der Waals surface area contributed by atoms with Gasteiger partial charge in [-0.05, 0) is 61.4 Å². The van der Waals surface area contributed by atoms with E-state index < -0.39 is 0 Å². The lowest BCUT2D eigenvalue weighted by molar-refractivity contribution is -0.118. The Morgan fingerprint density at radius 3 is 2.23 bits per heavy atom. The van der Waals surface area contributed by atoms with Crippen LogP contribution in [0.4, 0.5) is 5.69 Å². The molecule has 0 unspecified atom stereocenters. The Kier molecular flexibility index (Phi) is 5.28. The number of ether oxygens (including phenoxy) is 2. The fraction of sp³-hybridized carbons (Fsp3) is 0.235. The molecule has 116 valence electrons. The smallest absolute Gasteiger partial charge is 0.262 e. The summed E-state index contributed by atoms with van der Waals surface area (Å²) < 4.78 is 10.6. The number of hydrogen-bond acceptors (Lipinski definition) is 3. The van der Waals surface area contributed by atoms with Crippen molar-refractivity contribution in [3.05, 3.63) is 52.5 Å². The molecule has 5 heteroatoms. The summed E-state index contributed by atoms with van der Waals surface area (Å²) in [6.07, 6.45) is 0. The van der Waals surface area contributed by atoms with Crippen molar-refractivity contribution in [2.24, 2.45) is 0 Å². The Bertz CT molecular complexity index is 645. The standard InChI is InChI=1S/C17H18ClNO3/c1-11-8-15(9-12(2)17(11)18)22-10-16(20)19-13-4-6-14(21-3)7-5-13/h4-9H,10H2,1-3H3,(H,19,20). The van der Waals surface area contributed by atoms with E-state index in [0.29, 0.717) is 11.4 Å². The van der Waals surface area contributed by atoms with Crippen LogP contribution in [0.3, 0.4) is 0 Å². The number of benzene rings is 2. The molecule has 4 nitrogen and oxygen atoms in total. The summed E-state index contributed by atoms with van der Waals surface area (Å²) in [5.41, 5.74) is 2.54.